The summed E-state index contributed by atoms with van der Waals surface area (Å²) in [5.41, 5.74) is 0.919. The maximum atomic E-state index is 12.8. The monoisotopic (exact) mass is 2970 g/mol. The highest BCUT2D eigenvalue weighted by atomic mass is 79.9. The number of alkyl carbamates (subject to hydrolysis) is 1. The van der Waals surface area contributed by atoms with Crippen molar-refractivity contribution in [1.82, 2.24) is 25.8 Å². The number of nitrogens with one attached hydrogen (secondary N) is 3. The van der Waals surface area contributed by atoms with Crippen LogP contribution in [0, 0.1) is 24.2 Å². The van der Waals surface area contributed by atoms with Crippen molar-refractivity contribution in [2.24, 2.45) is 0 Å². The van der Waals surface area contributed by atoms with Gasteiger partial charge in [0, 0.05) is 622 Å². The number of hydrogen-bond acceptors (Lipinski definition) is 16. The second-order valence-corrected chi connectivity index (χ2v) is 127. The number of halogens is 1. The lowest BCUT2D eigenvalue weighted by Crippen LogP contribution is -2.54. The molecule has 0 radical (unpaired) electrons. The van der Waals surface area contributed by atoms with Crippen LogP contribution < -0.4 is 16.0 Å². The van der Waals surface area contributed by atoms with E-state index in [1.54, 1.807) is 288 Å². The van der Waals surface area contributed by atoms with E-state index in [0.717, 1.165) is 16.2 Å². The molecule has 6 rings (SSSR count). The number of carbonyl (C=O) groups is 9. The smallest absolute Gasteiger partial charge is 0.407 e. The zero-order chi connectivity index (χ0) is 91.3. The predicted octanol–water partition coefficient (Wildman–Crippen LogP) is 2.72. The number of ether oxygens (including phenoxy) is 3. The van der Waals surface area contributed by atoms with Crippen molar-refractivity contribution in [1.29, 1.82) is 0 Å². The van der Waals surface area contributed by atoms with Crippen molar-refractivity contribution >= 4 is 656 Å². The quantitative estimate of drug-likeness (QED) is 0.187. The van der Waals surface area contributed by atoms with Crippen LogP contribution in [0.4, 0.5) is 4.79 Å². The molecule has 0 bridgehead atoms. The summed E-state index contributed by atoms with van der Waals surface area (Å²) in [6.07, 6.45) is 5.90. The largest absolute Gasteiger partial charge is 0.444 e. The molecule has 2 fully saturated rings. The summed E-state index contributed by atoms with van der Waals surface area (Å²) in [6.45, 7) is 9.30. The molecule has 4 aliphatic rings. The van der Waals surface area contributed by atoms with Gasteiger partial charge >= 0.3 is 6.09 Å². The molecule has 0 aromatic heterocycles. The van der Waals surface area contributed by atoms with Gasteiger partial charge in [-0.05, 0) is 80.2 Å². The Morgan fingerprint density at radius 1 is 0.424 bits per heavy atom. The van der Waals surface area contributed by atoms with E-state index in [4.69, 9.17) is 65.4 Å². The van der Waals surface area contributed by atoms with Gasteiger partial charge < -0.3 is 19.5 Å². The lowest BCUT2D eigenvalue weighted by atomic mass is 10.0. The number of hydrogen-bond donors (Lipinski definition) is 3. The summed E-state index contributed by atoms with van der Waals surface area (Å²) in [5.74, 6) is 3.91. The van der Waals surface area contributed by atoms with Gasteiger partial charge in [-0.25, -0.2) is 4.79 Å². The average molecular weight is 2980 g/mol. The number of nitrogens with zero attached hydrogens (tertiary/aromatic N) is 2. The molecule has 2 unspecified atom stereocenters. The Bertz CT molecular complexity index is 7430. The molecule has 2 aromatic rings. The highest BCUT2D eigenvalue weighted by Crippen LogP contribution is 2.33. The fraction of sp³-hybridized carbons (Fsp3) is 0.405. The second-order valence-electron chi connectivity index (χ2n) is 18.5. The van der Waals surface area contributed by atoms with Gasteiger partial charge in [0.15, 0.2) is 0 Å². The number of rotatable bonds is 9. The number of piperidine rings is 2. The molecule has 0 saturated carbocycles. The van der Waals surface area contributed by atoms with Gasteiger partial charge in [-0.1, -0.05) is 36.8 Å². The van der Waals surface area contributed by atoms with Gasteiger partial charge in [-0.3, -0.25) is 58.8 Å². The van der Waals surface area contributed by atoms with Crippen LogP contribution in [0.25, 0.3) is 0 Å². The molecule has 2 aromatic carbocycles. The number of benzene rings is 2. The fourth-order valence-corrected chi connectivity index (χ4v) is 164. The number of amides is 9. The first kappa shape index (κ1) is 129. The van der Waals surface area contributed by atoms with Crippen LogP contribution in [0.5, 0.6) is 0 Å². The van der Waals surface area contributed by atoms with E-state index in [2.05, 4.69) is 49.6 Å². The van der Waals surface area contributed by atoms with E-state index < -0.39 is 65.1 Å². The molecular formula is C42H44BrN5O12S65. The highest BCUT2D eigenvalue weighted by Gasteiger charge is 2.47. The topological polar surface area (TPSA) is 224 Å². The van der Waals surface area contributed by atoms with Gasteiger partial charge in [0.25, 0.3) is 23.6 Å². The van der Waals surface area contributed by atoms with Crippen molar-refractivity contribution in [3.63, 3.8) is 0 Å². The highest BCUT2D eigenvalue weighted by molar-refractivity contribution is 9.10. The predicted molar refractivity (Wildman–Crippen MR) is 695 cm³/mol. The molecule has 706 valence electrons. The zero-order valence-electron chi connectivity index (χ0n) is 60.0. The number of fused-ring (bicyclic) bond motifs is 2. The summed E-state index contributed by atoms with van der Waals surface area (Å²) in [7, 11) is 107. The molecule has 2 atom stereocenters. The second kappa shape index (κ2) is 92.0. The Morgan fingerprint density at radius 2 is 0.704 bits per heavy atom. The minimum Gasteiger partial charge on any atom is -0.444 e. The van der Waals surface area contributed by atoms with E-state index in [-0.39, 0.29) is 67.1 Å². The molecular weight excluding hydrogens is 2930 g/mol. The van der Waals surface area contributed by atoms with E-state index in [1.807, 2.05) is 282 Å². The van der Waals surface area contributed by atoms with E-state index >= 15 is 0 Å². The fourth-order valence-electron chi connectivity index (χ4n) is 6.81. The van der Waals surface area contributed by atoms with Crippen molar-refractivity contribution in [3.05, 3.63) is 68.7 Å². The van der Waals surface area contributed by atoms with Gasteiger partial charge in [0.05, 0.1) is 28.9 Å². The van der Waals surface area contributed by atoms with E-state index in [0.29, 0.717) is 29.8 Å². The maximum absolute atomic E-state index is 12.8. The molecule has 83 heteroatoms. The summed E-state index contributed by atoms with van der Waals surface area (Å²) < 4.78 is 15.8. The van der Waals surface area contributed by atoms with Crippen LogP contribution >= 0.6 is 15.9 Å². The Hall–Kier alpha value is 8.09. The van der Waals surface area contributed by atoms with Gasteiger partial charge in [-0.15, -0.1) is 6.42 Å². The standard InChI is InChI=1S/C19H18N2O5.C13H9BrN2O4.C10H17NO3.S35.S30/c1-2-10-26-11-4-6-12-5-3-7-13-16(12)19(25)21(18(13)24)14-8-9-15(22)20-17(14)23;14-7-3-1-2-6-10(7)13(20)16(12(6)19)8-4-5-9(17)15-11(8)18;1-5-7-13-8-6-11-9(12)14-10(2,3)4;1-3-5-7-9-11-13-15-17-19-21-23-25-27-29-31-33-35-34-32-30-28-26-24-22-20-18-16-14-12-10-8-6-4-2;1-3-5-7-9-11-13-15-17-19-21-23-25-27-29-30-28-26-24-22-20-18-16-14-12-10-8-6-4-2/h3,5,7,14H,2,8-11H2,1H3,(H,20,22,23);1-3,8H,4-5H2,(H,15,17,18);1H,6-8H2,2-4H3,(H,11,12);;. The van der Waals surface area contributed by atoms with Crippen molar-refractivity contribution in [2.75, 3.05) is 33.0 Å². The van der Waals surface area contributed by atoms with Crippen LogP contribution in [-0.4, -0.2) is 114 Å². The first-order valence-corrected chi connectivity index (χ1v) is 114. The van der Waals surface area contributed by atoms with Crippen LogP contribution in [0.2, 0.25) is 0 Å². The lowest BCUT2D eigenvalue weighted by molar-refractivity contribution is -0.137. The van der Waals surface area contributed by atoms with Crippen molar-refractivity contribution < 1.29 is 57.4 Å². The SMILES string of the molecule is C#CCOCCNC(=O)OC(C)(C)C.CCCOCC#Cc1cccc2c1C(=O)N(C1CCC(=O)NC1=O)C2=O.O=C1CCC(N2C(=O)c3cccc(Br)c3C2=O)C(=O)N1.S=S=S=S=S=S=S=S=S=S=S=S=S=S=S=S=S=S=S=S=S=S=S=S=S=S=S=S=S=S.S=S=S=S=S=S=S=S=S=S=S=S=S=S=S=S=S=S=S=S=S=S=S=S=S=S=S=S=S=S=S=S=S=S=S. The molecule has 4 aliphatic heterocycles. The van der Waals surface area contributed by atoms with Crippen molar-refractivity contribution in [2.45, 2.75) is 77.5 Å². The summed E-state index contributed by atoms with van der Waals surface area (Å²) in [4.78, 5) is 109. The molecule has 125 heavy (non-hydrogen) atoms. The van der Waals surface area contributed by atoms with E-state index in [1.165, 1.54) is 35.5 Å². The third-order valence-corrected chi connectivity index (χ3v) is 142. The third kappa shape index (κ3) is 68.9. The summed E-state index contributed by atoms with van der Waals surface area (Å²) in [5, 5.41) is 6.87. The molecule has 2 saturated heterocycles. The molecule has 9 amide bonds. The molecule has 4 heterocycles. The first-order chi connectivity index (χ1) is 60.8. The summed E-state index contributed by atoms with van der Waals surface area (Å²) >= 11 is 22.4. The molecule has 0 spiro atoms. The van der Waals surface area contributed by atoms with Crippen LogP contribution in [0.15, 0.2) is 40.9 Å². The normalized spacial score (nSPS) is 12.6. The van der Waals surface area contributed by atoms with Crippen LogP contribution in [0.3, 0.4) is 0 Å². The first-order valence-electron chi connectivity index (χ1n) is 29.4. The van der Waals surface area contributed by atoms with Crippen LogP contribution in [0.1, 0.15) is 107 Å². The van der Waals surface area contributed by atoms with Gasteiger partial charge in [0.2, 0.25) is 23.6 Å². The minimum atomic E-state index is -0.978. The zero-order valence-corrected chi connectivity index (χ0v) is 115. The van der Waals surface area contributed by atoms with Crippen LogP contribution in [-0.2, 0) is 620 Å². The van der Waals surface area contributed by atoms with Gasteiger partial charge in [0.1, 0.15) is 30.9 Å². The Kier molecular flexibility index (Phi) is 95.0. The number of carbonyl (C=O) groups excluding carboxylic acids is 9. The van der Waals surface area contributed by atoms with Crippen molar-refractivity contribution in [3.8, 4) is 24.2 Å². The number of terminal acetylenes is 1. The van der Waals surface area contributed by atoms with Gasteiger partial charge in [-0.2, -0.15) is 0 Å². The molecule has 0 aliphatic carbocycles. The Balaban J connectivity index is 0.000000543. The minimum absolute atomic E-state index is 0.0885. The summed E-state index contributed by atoms with van der Waals surface area (Å²) in [6, 6.07) is 7.81. The molecule has 17 nitrogen and oxygen atoms in total. The molecule has 3 N–H and O–H groups in total. The van der Waals surface area contributed by atoms with E-state index in [9.17, 15) is 43.2 Å². The Morgan fingerprint density at radius 3 is 0.976 bits per heavy atom. The number of imide groups is 4. The Labute approximate surface area is 921 Å². The lowest BCUT2D eigenvalue weighted by Gasteiger charge is -2.27. The third-order valence-electron chi connectivity index (χ3n) is 10.4. The maximum Gasteiger partial charge on any atom is 0.407 e. The average Bonchev–Trinajstić information content (AvgIpc) is 1.61.